The Hall–Kier alpha value is -2.39. The number of nitrogens with one attached hydrogen (secondary N) is 1. The summed E-state index contributed by atoms with van der Waals surface area (Å²) >= 11 is 6.00. The summed E-state index contributed by atoms with van der Waals surface area (Å²) in [7, 11) is 0.320. The fourth-order valence-electron chi connectivity index (χ4n) is 3.79. The summed E-state index contributed by atoms with van der Waals surface area (Å²) in [6, 6.07) is 14.4. The second-order valence-corrected chi connectivity index (χ2v) is 10.3. The fraction of sp³-hybridized carbons (Fsp3) is 0.318. The van der Waals surface area contributed by atoms with Crippen LogP contribution in [0.25, 0.3) is 10.9 Å². The van der Waals surface area contributed by atoms with Crippen molar-refractivity contribution in [2.24, 2.45) is 0 Å². The van der Waals surface area contributed by atoms with Crippen LogP contribution in [0, 0.1) is 0 Å². The summed E-state index contributed by atoms with van der Waals surface area (Å²) in [6.45, 7) is 2.02. The Morgan fingerprint density at radius 1 is 1.03 bits per heavy atom. The van der Waals surface area contributed by atoms with E-state index in [4.69, 9.17) is 11.6 Å². The van der Waals surface area contributed by atoms with Crippen molar-refractivity contribution < 1.29 is 13.2 Å². The van der Waals surface area contributed by atoms with Crippen LogP contribution < -0.4 is 0 Å². The van der Waals surface area contributed by atoms with Crippen molar-refractivity contribution in [3.8, 4) is 0 Å². The molecule has 1 aromatic heterocycles. The molecule has 7 nitrogen and oxygen atoms in total. The molecule has 0 unspecified atom stereocenters. The molecule has 0 radical (unpaired) electrons. The van der Waals surface area contributed by atoms with Gasteiger partial charge in [0.25, 0.3) is 15.9 Å². The van der Waals surface area contributed by atoms with Gasteiger partial charge in [-0.05, 0) is 56.1 Å². The maximum atomic E-state index is 13.1. The minimum absolute atomic E-state index is 0.0753. The molecule has 31 heavy (non-hydrogen) atoms. The van der Waals surface area contributed by atoms with E-state index in [9.17, 15) is 13.2 Å². The molecule has 0 atom stereocenters. The lowest BCUT2D eigenvalue weighted by atomic mass is 10.1. The number of hydrogen-bond acceptors (Lipinski definition) is 4. The first-order valence-electron chi connectivity index (χ1n) is 10.1. The number of amides is 1. The van der Waals surface area contributed by atoms with E-state index in [1.54, 1.807) is 29.2 Å². The molecule has 3 aromatic rings. The zero-order valence-corrected chi connectivity index (χ0v) is 19.1. The van der Waals surface area contributed by atoms with Gasteiger partial charge in [0.1, 0.15) is 5.03 Å². The number of piperazine rings is 1. The number of nitrogens with zero attached hydrogens (tertiary/aromatic N) is 3. The second kappa shape index (κ2) is 8.63. The molecule has 4 rings (SSSR count). The van der Waals surface area contributed by atoms with Crippen LogP contribution in [0.3, 0.4) is 0 Å². The van der Waals surface area contributed by atoms with Crippen LogP contribution in [-0.2, 0) is 16.6 Å². The Kier molecular flexibility index (Phi) is 6.07. The van der Waals surface area contributed by atoms with E-state index >= 15 is 0 Å². The number of rotatable bonds is 5. The lowest BCUT2D eigenvalue weighted by molar-refractivity contribution is 0.0698. The lowest BCUT2D eigenvalue weighted by Gasteiger charge is -2.33. The van der Waals surface area contributed by atoms with Gasteiger partial charge >= 0.3 is 0 Å². The first-order chi connectivity index (χ1) is 14.7. The number of hydrogen-bond donors (Lipinski definition) is 1. The quantitative estimate of drug-likeness (QED) is 0.635. The second-order valence-electron chi connectivity index (χ2n) is 8.00. The van der Waals surface area contributed by atoms with E-state index in [0.29, 0.717) is 23.7 Å². The summed E-state index contributed by atoms with van der Waals surface area (Å²) in [5.41, 5.74) is 2.47. The summed E-state index contributed by atoms with van der Waals surface area (Å²) in [5, 5.41) is 1.44. The van der Waals surface area contributed by atoms with Crippen molar-refractivity contribution in [2.45, 2.75) is 11.6 Å². The molecule has 0 spiro atoms. The highest BCUT2D eigenvalue weighted by Crippen LogP contribution is 2.25. The third kappa shape index (κ3) is 4.62. The number of sulfonamides is 1. The standard InChI is InChI=1S/C22H25ClN4O3S/c1-25(2)15-16-3-5-17(6-4-16)22(28)26-9-11-27(12-10-26)31(29,30)21-14-18-13-19(23)7-8-20(18)24-21/h3-8,13-14,24H,9-12,15H2,1-2H3. The minimum atomic E-state index is -3.68. The van der Waals surface area contributed by atoms with Crippen LogP contribution in [-0.4, -0.2) is 73.7 Å². The van der Waals surface area contributed by atoms with Crippen LogP contribution in [0.2, 0.25) is 5.02 Å². The smallest absolute Gasteiger partial charge is 0.258 e. The van der Waals surface area contributed by atoms with E-state index in [-0.39, 0.29) is 24.0 Å². The topological polar surface area (TPSA) is 76.7 Å². The predicted octanol–water partition coefficient (Wildman–Crippen LogP) is 3.03. The van der Waals surface area contributed by atoms with Gasteiger partial charge < -0.3 is 14.8 Å². The van der Waals surface area contributed by atoms with E-state index in [1.165, 1.54) is 4.31 Å². The van der Waals surface area contributed by atoms with E-state index in [1.807, 2.05) is 38.4 Å². The predicted molar refractivity (Wildman–Crippen MR) is 122 cm³/mol. The largest absolute Gasteiger partial charge is 0.345 e. The molecular formula is C22H25ClN4O3S. The summed E-state index contributed by atoms with van der Waals surface area (Å²) in [6.07, 6.45) is 0. The van der Waals surface area contributed by atoms with E-state index in [0.717, 1.165) is 23.0 Å². The normalized spacial score (nSPS) is 15.7. The first kappa shape index (κ1) is 21.8. The summed E-state index contributed by atoms with van der Waals surface area (Å²) in [4.78, 5) is 19.6. The molecule has 1 fully saturated rings. The fourth-order valence-corrected chi connectivity index (χ4v) is 5.40. The zero-order valence-electron chi connectivity index (χ0n) is 17.5. The minimum Gasteiger partial charge on any atom is -0.345 e. The number of H-pyrrole nitrogens is 1. The Bertz CT molecular complexity index is 1200. The molecule has 1 aliphatic heterocycles. The number of aromatic amines is 1. The van der Waals surface area contributed by atoms with Crippen molar-refractivity contribution >= 4 is 38.4 Å². The van der Waals surface area contributed by atoms with Crippen molar-refractivity contribution in [3.05, 3.63) is 64.7 Å². The molecule has 1 saturated heterocycles. The highest BCUT2D eigenvalue weighted by atomic mass is 35.5. The molecule has 2 heterocycles. The zero-order chi connectivity index (χ0) is 22.2. The first-order valence-corrected chi connectivity index (χ1v) is 11.9. The van der Waals surface area contributed by atoms with E-state index < -0.39 is 10.0 Å². The van der Waals surface area contributed by atoms with Gasteiger partial charge in [-0.2, -0.15) is 4.31 Å². The summed E-state index contributed by atoms with van der Waals surface area (Å²) < 4.78 is 27.6. The van der Waals surface area contributed by atoms with Crippen LogP contribution in [0.1, 0.15) is 15.9 Å². The van der Waals surface area contributed by atoms with Gasteiger partial charge in [-0.1, -0.05) is 23.7 Å². The van der Waals surface area contributed by atoms with Crippen LogP contribution in [0.4, 0.5) is 0 Å². The Balaban J connectivity index is 1.43. The van der Waals surface area contributed by atoms with Crippen LogP contribution in [0.5, 0.6) is 0 Å². The van der Waals surface area contributed by atoms with Crippen molar-refractivity contribution in [2.75, 3.05) is 40.3 Å². The van der Waals surface area contributed by atoms with Gasteiger partial charge in [0.2, 0.25) is 0 Å². The van der Waals surface area contributed by atoms with Gasteiger partial charge in [-0.25, -0.2) is 8.42 Å². The lowest BCUT2D eigenvalue weighted by Crippen LogP contribution is -2.50. The SMILES string of the molecule is CN(C)Cc1ccc(C(=O)N2CCN(S(=O)(=O)c3cc4cc(Cl)ccc4[nH]3)CC2)cc1. The number of halogens is 1. The monoisotopic (exact) mass is 460 g/mol. The molecule has 0 aliphatic carbocycles. The number of fused-ring (bicyclic) bond motifs is 1. The van der Waals surface area contributed by atoms with Gasteiger partial charge in [0.05, 0.1) is 0 Å². The molecule has 9 heteroatoms. The molecule has 1 N–H and O–H groups in total. The van der Waals surface area contributed by atoms with E-state index in [2.05, 4.69) is 9.88 Å². The Morgan fingerprint density at radius 3 is 2.35 bits per heavy atom. The van der Waals surface area contributed by atoms with Crippen LogP contribution in [0.15, 0.2) is 53.6 Å². The van der Waals surface area contributed by atoms with Crippen molar-refractivity contribution in [3.63, 3.8) is 0 Å². The molecule has 1 amide bonds. The summed E-state index contributed by atoms with van der Waals surface area (Å²) in [5.74, 6) is -0.0753. The average Bonchev–Trinajstić information content (AvgIpc) is 3.17. The maximum absolute atomic E-state index is 13.1. The highest BCUT2D eigenvalue weighted by molar-refractivity contribution is 7.89. The molecule has 2 aromatic carbocycles. The molecule has 0 bridgehead atoms. The number of benzene rings is 2. The average molecular weight is 461 g/mol. The van der Waals surface area contributed by atoms with Crippen LogP contribution >= 0.6 is 11.6 Å². The van der Waals surface area contributed by atoms with Crippen molar-refractivity contribution in [1.82, 2.24) is 19.1 Å². The number of carbonyl (C=O) groups excluding carboxylic acids is 1. The van der Waals surface area contributed by atoms with Gasteiger partial charge in [0.15, 0.2) is 0 Å². The molecule has 164 valence electrons. The number of carbonyl (C=O) groups is 1. The molecule has 1 aliphatic rings. The maximum Gasteiger partial charge on any atom is 0.258 e. The third-order valence-corrected chi connectivity index (χ3v) is 7.46. The third-order valence-electron chi connectivity index (χ3n) is 5.40. The highest BCUT2D eigenvalue weighted by Gasteiger charge is 2.31. The van der Waals surface area contributed by atoms with Gasteiger partial charge in [-0.15, -0.1) is 0 Å². The van der Waals surface area contributed by atoms with Gasteiger partial charge in [0, 0.05) is 54.2 Å². The number of aromatic nitrogens is 1. The molecule has 0 saturated carbocycles. The molecular weight excluding hydrogens is 436 g/mol. The van der Waals surface area contributed by atoms with Gasteiger partial charge in [-0.3, -0.25) is 4.79 Å². The Labute approximate surface area is 187 Å². The Morgan fingerprint density at radius 2 is 1.71 bits per heavy atom. The van der Waals surface area contributed by atoms with Crippen molar-refractivity contribution in [1.29, 1.82) is 0 Å².